The lowest BCUT2D eigenvalue weighted by Gasteiger charge is -2.01. The molecule has 0 aliphatic heterocycles. The van der Waals surface area contributed by atoms with E-state index in [-0.39, 0.29) is 5.91 Å². The molecule has 2 aromatic rings. The Morgan fingerprint density at radius 3 is 2.63 bits per heavy atom. The van der Waals surface area contributed by atoms with Gasteiger partial charge < -0.3 is 5.32 Å². The third kappa shape index (κ3) is 4.34. The zero-order valence-electron chi connectivity index (χ0n) is 10.4. The molecule has 0 unspecified atom stereocenters. The van der Waals surface area contributed by atoms with E-state index in [4.69, 9.17) is 0 Å². The number of benzene rings is 1. The molecule has 0 aliphatic rings. The summed E-state index contributed by atoms with van der Waals surface area (Å²) in [4.78, 5) is 15.9. The van der Waals surface area contributed by atoms with Crippen molar-refractivity contribution in [1.82, 2.24) is 4.98 Å². The van der Waals surface area contributed by atoms with Crippen LogP contribution in [-0.2, 0) is 4.79 Å². The molecular weight excluding hydrogens is 304 g/mol. The zero-order chi connectivity index (χ0) is 13.7. The second kappa shape index (κ2) is 6.29. The van der Waals surface area contributed by atoms with Crippen molar-refractivity contribution >= 4 is 33.7 Å². The number of aryl methyl sites for hydroxylation is 1. The summed E-state index contributed by atoms with van der Waals surface area (Å²) in [5.41, 5.74) is 1.84. The maximum atomic E-state index is 11.7. The molecule has 1 heterocycles. The highest BCUT2D eigenvalue weighted by Gasteiger charge is 1.98. The Morgan fingerprint density at radius 2 is 1.95 bits per heavy atom. The van der Waals surface area contributed by atoms with Gasteiger partial charge in [0.25, 0.3) is 0 Å². The van der Waals surface area contributed by atoms with Crippen LogP contribution in [0, 0.1) is 6.92 Å². The maximum Gasteiger partial charge on any atom is 0.249 e. The fraction of sp³-hybridized carbons (Fsp3) is 0.0667. The van der Waals surface area contributed by atoms with Gasteiger partial charge in [-0.15, -0.1) is 0 Å². The van der Waals surface area contributed by atoms with Crippen molar-refractivity contribution in [3.05, 3.63) is 64.3 Å². The number of carbonyl (C=O) groups is 1. The first-order valence-corrected chi connectivity index (χ1v) is 6.61. The SMILES string of the molecule is Cc1cccc(NC(=O)C=Cc2ccc(Br)cc2)n1. The van der Waals surface area contributed by atoms with Gasteiger partial charge >= 0.3 is 0 Å². The van der Waals surface area contributed by atoms with Gasteiger partial charge in [0.15, 0.2) is 0 Å². The molecule has 0 atom stereocenters. The van der Waals surface area contributed by atoms with Gasteiger partial charge in [-0.05, 0) is 42.8 Å². The minimum absolute atomic E-state index is 0.194. The molecule has 19 heavy (non-hydrogen) atoms. The molecule has 0 spiro atoms. The van der Waals surface area contributed by atoms with Crippen LogP contribution in [0.4, 0.5) is 5.82 Å². The number of carbonyl (C=O) groups excluding carboxylic acids is 1. The Labute approximate surface area is 120 Å². The third-order valence-electron chi connectivity index (χ3n) is 2.44. The smallest absolute Gasteiger partial charge is 0.249 e. The van der Waals surface area contributed by atoms with Crippen molar-refractivity contribution in [3.8, 4) is 0 Å². The average Bonchev–Trinajstić information content (AvgIpc) is 2.38. The van der Waals surface area contributed by atoms with Gasteiger partial charge in [-0.1, -0.05) is 34.1 Å². The minimum Gasteiger partial charge on any atom is -0.307 e. The number of rotatable bonds is 3. The molecular formula is C15H13BrN2O. The van der Waals surface area contributed by atoms with E-state index >= 15 is 0 Å². The van der Waals surface area contributed by atoms with Crippen LogP contribution in [0.25, 0.3) is 6.08 Å². The van der Waals surface area contributed by atoms with E-state index in [1.165, 1.54) is 6.08 Å². The molecule has 0 radical (unpaired) electrons. The van der Waals surface area contributed by atoms with Crippen LogP contribution >= 0.6 is 15.9 Å². The lowest BCUT2D eigenvalue weighted by atomic mass is 10.2. The second-order valence-corrected chi connectivity index (χ2v) is 4.95. The van der Waals surface area contributed by atoms with Crippen molar-refractivity contribution in [2.75, 3.05) is 5.32 Å². The standard InChI is InChI=1S/C15H13BrN2O/c1-11-3-2-4-14(17-11)18-15(19)10-7-12-5-8-13(16)9-6-12/h2-10H,1H3,(H,17,18,19). The molecule has 0 aliphatic carbocycles. The summed E-state index contributed by atoms with van der Waals surface area (Å²) in [6.45, 7) is 1.88. The third-order valence-corrected chi connectivity index (χ3v) is 2.97. The molecule has 1 N–H and O–H groups in total. The Balaban J connectivity index is 1.99. The molecule has 4 heteroatoms. The predicted molar refractivity (Wildman–Crippen MR) is 80.8 cm³/mol. The second-order valence-electron chi connectivity index (χ2n) is 4.04. The number of aromatic nitrogens is 1. The highest BCUT2D eigenvalue weighted by atomic mass is 79.9. The first kappa shape index (κ1) is 13.5. The van der Waals surface area contributed by atoms with Crippen LogP contribution in [0.5, 0.6) is 0 Å². The van der Waals surface area contributed by atoms with E-state index in [0.717, 1.165) is 15.7 Å². The van der Waals surface area contributed by atoms with Crippen molar-refractivity contribution in [1.29, 1.82) is 0 Å². The number of anilines is 1. The summed E-state index contributed by atoms with van der Waals surface area (Å²) in [6, 6.07) is 13.2. The molecule has 1 aromatic heterocycles. The van der Waals surface area contributed by atoms with Crippen molar-refractivity contribution in [2.24, 2.45) is 0 Å². The van der Waals surface area contributed by atoms with E-state index in [2.05, 4.69) is 26.2 Å². The molecule has 1 aromatic carbocycles. The quantitative estimate of drug-likeness (QED) is 0.875. The molecule has 3 nitrogen and oxygen atoms in total. The van der Waals surface area contributed by atoms with Gasteiger partial charge in [0.2, 0.25) is 5.91 Å². The van der Waals surface area contributed by atoms with Crippen LogP contribution in [0.15, 0.2) is 53.0 Å². The van der Waals surface area contributed by atoms with E-state index in [1.807, 2.05) is 43.3 Å². The van der Waals surface area contributed by atoms with E-state index in [9.17, 15) is 4.79 Å². The topological polar surface area (TPSA) is 42.0 Å². The number of amides is 1. The summed E-state index contributed by atoms with van der Waals surface area (Å²) in [7, 11) is 0. The maximum absolute atomic E-state index is 11.7. The Hall–Kier alpha value is -1.94. The Bertz CT molecular complexity index is 606. The van der Waals surface area contributed by atoms with E-state index in [0.29, 0.717) is 5.82 Å². The molecule has 0 saturated carbocycles. The highest BCUT2D eigenvalue weighted by molar-refractivity contribution is 9.10. The van der Waals surface area contributed by atoms with Crippen LogP contribution in [0.3, 0.4) is 0 Å². The number of pyridine rings is 1. The zero-order valence-corrected chi connectivity index (χ0v) is 12.0. The number of hydrogen-bond donors (Lipinski definition) is 1. The normalized spacial score (nSPS) is 10.6. The van der Waals surface area contributed by atoms with Gasteiger partial charge in [0, 0.05) is 16.2 Å². The van der Waals surface area contributed by atoms with Crippen molar-refractivity contribution < 1.29 is 4.79 Å². The Kier molecular flexibility index (Phi) is 4.47. The van der Waals surface area contributed by atoms with Crippen LogP contribution in [-0.4, -0.2) is 10.9 Å². The number of hydrogen-bond acceptors (Lipinski definition) is 2. The summed E-state index contributed by atoms with van der Waals surface area (Å²) in [5.74, 6) is 0.367. The minimum atomic E-state index is -0.194. The Morgan fingerprint density at radius 1 is 1.21 bits per heavy atom. The van der Waals surface area contributed by atoms with Crippen molar-refractivity contribution in [3.63, 3.8) is 0 Å². The number of halogens is 1. The van der Waals surface area contributed by atoms with Crippen LogP contribution in [0.2, 0.25) is 0 Å². The van der Waals surface area contributed by atoms with Gasteiger partial charge in [-0.2, -0.15) is 0 Å². The summed E-state index contributed by atoms with van der Waals surface area (Å²) in [6.07, 6.45) is 3.25. The lowest BCUT2D eigenvalue weighted by molar-refractivity contribution is -0.111. The lowest BCUT2D eigenvalue weighted by Crippen LogP contribution is -2.09. The predicted octanol–water partition coefficient (Wildman–Crippen LogP) is 3.80. The number of nitrogens with one attached hydrogen (secondary N) is 1. The van der Waals surface area contributed by atoms with Gasteiger partial charge in [-0.3, -0.25) is 4.79 Å². The summed E-state index contributed by atoms with van der Waals surface area (Å²) in [5, 5.41) is 2.72. The molecule has 0 saturated heterocycles. The van der Waals surface area contributed by atoms with Gasteiger partial charge in [0.1, 0.15) is 5.82 Å². The van der Waals surface area contributed by atoms with Crippen LogP contribution in [0.1, 0.15) is 11.3 Å². The monoisotopic (exact) mass is 316 g/mol. The summed E-state index contributed by atoms with van der Waals surface area (Å²) < 4.78 is 1.01. The molecule has 1 amide bonds. The number of nitrogens with zero attached hydrogens (tertiary/aromatic N) is 1. The summed E-state index contributed by atoms with van der Waals surface area (Å²) >= 11 is 3.36. The van der Waals surface area contributed by atoms with Crippen molar-refractivity contribution in [2.45, 2.75) is 6.92 Å². The first-order chi connectivity index (χ1) is 9.13. The largest absolute Gasteiger partial charge is 0.307 e. The van der Waals surface area contributed by atoms with Crippen LogP contribution < -0.4 is 5.32 Å². The fourth-order valence-electron chi connectivity index (χ4n) is 1.53. The van der Waals surface area contributed by atoms with E-state index < -0.39 is 0 Å². The van der Waals surface area contributed by atoms with Gasteiger partial charge in [-0.25, -0.2) is 4.98 Å². The fourth-order valence-corrected chi connectivity index (χ4v) is 1.79. The molecule has 0 fully saturated rings. The average molecular weight is 317 g/mol. The van der Waals surface area contributed by atoms with E-state index in [1.54, 1.807) is 12.1 Å². The molecule has 0 bridgehead atoms. The first-order valence-electron chi connectivity index (χ1n) is 5.82. The van der Waals surface area contributed by atoms with Gasteiger partial charge in [0.05, 0.1) is 0 Å². The molecule has 2 rings (SSSR count). The highest BCUT2D eigenvalue weighted by Crippen LogP contribution is 2.11. The molecule has 96 valence electrons.